The zero-order valence-electron chi connectivity index (χ0n) is 18.7. The van der Waals surface area contributed by atoms with Gasteiger partial charge in [-0.2, -0.15) is 0 Å². The Balaban J connectivity index is 1.66. The van der Waals surface area contributed by atoms with Gasteiger partial charge < -0.3 is 10.2 Å². The summed E-state index contributed by atoms with van der Waals surface area (Å²) in [6, 6.07) is 12.4. The van der Waals surface area contributed by atoms with Crippen LogP contribution in [0.1, 0.15) is 77.7 Å². The Kier molecular flexibility index (Phi) is 7.78. The average Bonchev–Trinajstić information content (AvgIpc) is 2.99. The molecule has 1 aliphatic rings. The van der Waals surface area contributed by atoms with E-state index < -0.39 is 5.41 Å². The molecule has 0 atom stereocenters. The summed E-state index contributed by atoms with van der Waals surface area (Å²) in [5.41, 5.74) is 7.12. The Morgan fingerprint density at radius 1 is 0.900 bits per heavy atom. The summed E-state index contributed by atoms with van der Waals surface area (Å²) in [5, 5.41) is 2.25. The van der Waals surface area contributed by atoms with Gasteiger partial charge in [0.2, 0.25) is 5.91 Å². The molecule has 0 aromatic heterocycles. The Hall–Kier alpha value is -2.49. The zero-order valence-corrected chi connectivity index (χ0v) is 18.7. The van der Waals surface area contributed by atoms with E-state index in [-0.39, 0.29) is 5.91 Å². The van der Waals surface area contributed by atoms with Crippen molar-refractivity contribution in [2.24, 2.45) is 5.41 Å². The molecule has 30 heavy (non-hydrogen) atoms. The number of carbonyl (C=O) groups excluding carboxylic acids is 1. The van der Waals surface area contributed by atoms with Crippen molar-refractivity contribution < 1.29 is 9.53 Å². The SMILES string of the molecule is CCCCCCCCCCOc1cccc2cccc(/C=C3\NNC(=O)C3(C)C)c12. The molecule has 4 nitrogen and oxygen atoms in total. The number of hydrogen-bond donors (Lipinski definition) is 2. The predicted octanol–water partition coefficient (Wildman–Crippen LogP) is 6.36. The molecular weight excluding hydrogens is 372 g/mol. The highest BCUT2D eigenvalue weighted by Crippen LogP contribution is 2.34. The van der Waals surface area contributed by atoms with Gasteiger partial charge in [0.25, 0.3) is 0 Å². The number of amides is 1. The first-order valence-corrected chi connectivity index (χ1v) is 11.5. The van der Waals surface area contributed by atoms with E-state index in [0.717, 1.165) is 40.8 Å². The van der Waals surface area contributed by atoms with Gasteiger partial charge in [0.1, 0.15) is 5.75 Å². The molecule has 1 heterocycles. The van der Waals surface area contributed by atoms with Crippen LogP contribution < -0.4 is 15.6 Å². The molecule has 2 aromatic rings. The van der Waals surface area contributed by atoms with Gasteiger partial charge in [0.15, 0.2) is 0 Å². The Morgan fingerprint density at radius 2 is 1.57 bits per heavy atom. The largest absolute Gasteiger partial charge is 0.493 e. The summed E-state index contributed by atoms with van der Waals surface area (Å²) in [7, 11) is 0. The van der Waals surface area contributed by atoms with Crippen molar-refractivity contribution in [3.63, 3.8) is 0 Å². The van der Waals surface area contributed by atoms with Gasteiger partial charge >= 0.3 is 0 Å². The fourth-order valence-corrected chi connectivity index (χ4v) is 3.92. The van der Waals surface area contributed by atoms with Crippen LogP contribution in [-0.4, -0.2) is 12.5 Å². The summed E-state index contributed by atoms with van der Waals surface area (Å²) in [6.07, 6.45) is 12.4. The van der Waals surface area contributed by atoms with Crippen LogP contribution in [0.4, 0.5) is 0 Å². The van der Waals surface area contributed by atoms with E-state index in [1.807, 2.05) is 32.0 Å². The zero-order chi connectivity index (χ0) is 21.4. The minimum Gasteiger partial charge on any atom is -0.493 e. The molecule has 0 saturated carbocycles. The highest BCUT2D eigenvalue weighted by atomic mass is 16.5. The van der Waals surface area contributed by atoms with Crippen molar-refractivity contribution in [1.29, 1.82) is 0 Å². The molecule has 162 valence electrons. The van der Waals surface area contributed by atoms with Gasteiger partial charge in [0.05, 0.1) is 12.0 Å². The van der Waals surface area contributed by atoms with Gasteiger partial charge in [-0.3, -0.25) is 10.2 Å². The van der Waals surface area contributed by atoms with E-state index in [1.54, 1.807) is 0 Å². The molecule has 1 aliphatic heterocycles. The van der Waals surface area contributed by atoms with Crippen molar-refractivity contribution >= 4 is 22.8 Å². The number of hydrazine groups is 1. The quantitative estimate of drug-likeness (QED) is 0.425. The highest BCUT2D eigenvalue weighted by molar-refractivity contribution is 5.97. The molecule has 0 aliphatic carbocycles. The van der Waals surface area contributed by atoms with Crippen LogP contribution in [0.25, 0.3) is 16.8 Å². The minimum atomic E-state index is -0.574. The number of rotatable bonds is 11. The van der Waals surface area contributed by atoms with E-state index in [1.165, 1.54) is 44.9 Å². The smallest absolute Gasteiger partial charge is 0.249 e. The molecule has 0 radical (unpaired) electrons. The summed E-state index contributed by atoms with van der Waals surface area (Å²) in [5.74, 6) is 0.901. The van der Waals surface area contributed by atoms with Crippen molar-refractivity contribution in [3.05, 3.63) is 47.7 Å². The Bertz CT molecular complexity index is 880. The lowest BCUT2D eigenvalue weighted by molar-refractivity contribution is -0.125. The van der Waals surface area contributed by atoms with Gasteiger partial charge in [-0.25, -0.2) is 0 Å². The summed E-state index contributed by atoms with van der Waals surface area (Å²) in [4.78, 5) is 12.1. The van der Waals surface area contributed by atoms with Gasteiger partial charge in [-0.15, -0.1) is 0 Å². The van der Waals surface area contributed by atoms with Crippen molar-refractivity contribution in [2.75, 3.05) is 6.61 Å². The van der Waals surface area contributed by atoms with Gasteiger partial charge in [-0.1, -0.05) is 82.2 Å². The third-order valence-corrected chi connectivity index (χ3v) is 6.01. The van der Waals surface area contributed by atoms with Crippen molar-refractivity contribution in [2.45, 2.75) is 72.1 Å². The fraction of sp³-hybridized carbons (Fsp3) is 0.500. The summed E-state index contributed by atoms with van der Waals surface area (Å²) < 4.78 is 6.21. The van der Waals surface area contributed by atoms with E-state index in [9.17, 15) is 4.79 Å². The molecule has 2 aromatic carbocycles. The van der Waals surface area contributed by atoms with E-state index in [4.69, 9.17) is 4.74 Å². The van der Waals surface area contributed by atoms with Crippen LogP contribution in [-0.2, 0) is 4.79 Å². The maximum atomic E-state index is 12.1. The van der Waals surface area contributed by atoms with Crippen LogP contribution in [0.15, 0.2) is 42.1 Å². The number of unbranched alkanes of at least 4 members (excludes halogenated alkanes) is 7. The molecule has 0 spiro atoms. The number of fused-ring (bicyclic) bond motifs is 1. The van der Waals surface area contributed by atoms with Crippen LogP contribution >= 0.6 is 0 Å². The molecule has 1 fully saturated rings. The standard InChI is InChI=1S/C26H36N2O2/c1-4-5-6-7-8-9-10-11-18-30-22-17-13-15-20-14-12-16-21(24(20)22)19-23-26(2,3)25(29)28-27-23/h12-17,19,27H,4-11,18H2,1-3H3,(H,28,29)/b23-19-. The monoisotopic (exact) mass is 408 g/mol. The topological polar surface area (TPSA) is 50.4 Å². The van der Waals surface area contributed by atoms with Gasteiger partial charge in [-0.05, 0) is 43.4 Å². The lowest BCUT2D eigenvalue weighted by Gasteiger charge is -2.16. The number of nitrogens with one attached hydrogen (secondary N) is 2. The fourth-order valence-electron chi connectivity index (χ4n) is 3.92. The second-order valence-electron chi connectivity index (χ2n) is 8.79. The molecule has 1 saturated heterocycles. The lowest BCUT2D eigenvalue weighted by atomic mass is 9.88. The van der Waals surface area contributed by atoms with Gasteiger partial charge in [0, 0.05) is 11.1 Å². The molecule has 2 N–H and O–H groups in total. The van der Waals surface area contributed by atoms with Crippen LogP contribution in [0, 0.1) is 5.41 Å². The molecule has 0 unspecified atom stereocenters. The number of hydrogen-bond acceptors (Lipinski definition) is 3. The normalized spacial score (nSPS) is 16.6. The molecule has 1 amide bonds. The van der Waals surface area contributed by atoms with E-state index in [2.05, 4.69) is 42.1 Å². The average molecular weight is 409 g/mol. The lowest BCUT2D eigenvalue weighted by Crippen LogP contribution is -2.28. The molecule has 3 rings (SSSR count). The minimum absolute atomic E-state index is 0.0137. The van der Waals surface area contributed by atoms with Crippen LogP contribution in [0.2, 0.25) is 0 Å². The number of carbonyl (C=O) groups is 1. The first-order valence-electron chi connectivity index (χ1n) is 11.5. The maximum absolute atomic E-state index is 12.1. The van der Waals surface area contributed by atoms with E-state index >= 15 is 0 Å². The second-order valence-corrected chi connectivity index (χ2v) is 8.79. The first-order chi connectivity index (χ1) is 14.5. The summed E-state index contributed by atoms with van der Waals surface area (Å²) >= 11 is 0. The third-order valence-electron chi connectivity index (χ3n) is 6.01. The molecule has 4 heteroatoms. The van der Waals surface area contributed by atoms with Crippen LogP contribution in [0.3, 0.4) is 0 Å². The molecular formula is C26H36N2O2. The predicted molar refractivity (Wildman–Crippen MR) is 125 cm³/mol. The second kappa shape index (κ2) is 10.5. The van der Waals surface area contributed by atoms with Crippen LogP contribution in [0.5, 0.6) is 5.75 Å². The summed E-state index contributed by atoms with van der Waals surface area (Å²) in [6.45, 7) is 6.86. The first kappa shape index (κ1) is 22.2. The highest BCUT2D eigenvalue weighted by Gasteiger charge is 2.37. The Labute approximate surface area is 181 Å². The number of ether oxygens (including phenoxy) is 1. The third kappa shape index (κ3) is 5.35. The number of benzene rings is 2. The maximum Gasteiger partial charge on any atom is 0.249 e. The Morgan fingerprint density at radius 3 is 2.23 bits per heavy atom. The van der Waals surface area contributed by atoms with Crippen molar-refractivity contribution in [1.82, 2.24) is 10.9 Å². The van der Waals surface area contributed by atoms with Crippen molar-refractivity contribution in [3.8, 4) is 5.75 Å². The molecule has 0 bridgehead atoms. The van der Waals surface area contributed by atoms with E-state index in [0.29, 0.717) is 0 Å².